The van der Waals surface area contributed by atoms with E-state index >= 15 is 0 Å². The number of hydrogen-bond donors (Lipinski definition) is 1. The van der Waals surface area contributed by atoms with Crippen molar-refractivity contribution in [1.29, 1.82) is 0 Å². The van der Waals surface area contributed by atoms with Crippen LogP contribution in [0.15, 0.2) is 0 Å². The first kappa shape index (κ1) is 12.8. The van der Waals surface area contributed by atoms with Crippen LogP contribution in [0.5, 0.6) is 0 Å². The molecule has 1 unspecified atom stereocenters. The van der Waals surface area contributed by atoms with Crippen LogP contribution in [0.2, 0.25) is 0 Å². The highest BCUT2D eigenvalue weighted by Crippen LogP contribution is 2.24. The highest BCUT2D eigenvalue weighted by molar-refractivity contribution is 7.89. The molecule has 1 atom stereocenters. The van der Waals surface area contributed by atoms with Crippen molar-refractivity contribution in [2.75, 3.05) is 26.7 Å². The topological polar surface area (TPSA) is 83.7 Å². The van der Waals surface area contributed by atoms with Gasteiger partial charge in [-0.25, -0.2) is 13.6 Å². The number of sulfonamides is 1. The lowest BCUT2D eigenvalue weighted by atomic mass is 10.0. The molecule has 0 aromatic rings. The summed E-state index contributed by atoms with van der Waals surface area (Å²) in [5.41, 5.74) is 0. The van der Waals surface area contributed by atoms with Crippen LogP contribution in [-0.4, -0.2) is 62.1 Å². The van der Waals surface area contributed by atoms with Crippen LogP contribution in [0.4, 0.5) is 0 Å². The van der Waals surface area contributed by atoms with Gasteiger partial charge in [0.1, 0.15) is 5.25 Å². The van der Waals surface area contributed by atoms with Crippen LogP contribution in [0.1, 0.15) is 19.3 Å². The molecule has 2 saturated heterocycles. The maximum atomic E-state index is 11.8. The molecule has 2 N–H and O–H groups in total. The van der Waals surface area contributed by atoms with E-state index in [0.29, 0.717) is 0 Å². The summed E-state index contributed by atoms with van der Waals surface area (Å²) >= 11 is 0. The Morgan fingerprint density at radius 1 is 1.29 bits per heavy atom. The molecule has 2 aliphatic rings. The van der Waals surface area contributed by atoms with Crippen molar-refractivity contribution in [3.8, 4) is 0 Å². The van der Waals surface area contributed by atoms with Crippen LogP contribution < -0.4 is 5.14 Å². The second-order valence-electron chi connectivity index (χ2n) is 5.00. The largest absolute Gasteiger partial charge is 0.338 e. The SMILES string of the molecule is CN1CCC(N2CC(S(N)(=O)=O)CC2=O)CC1. The quantitative estimate of drug-likeness (QED) is 0.689. The van der Waals surface area contributed by atoms with Gasteiger partial charge in [0.05, 0.1) is 0 Å². The van der Waals surface area contributed by atoms with Crippen molar-refractivity contribution < 1.29 is 13.2 Å². The Morgan fingerprint density at radius 3 is 2.35 bits per heavy atom. The second kappa shape index (κ2) is 4.55. The molecule has 2 heterocycles. The Hall–Kier alpha value is -0.660. The second-order valence-corrected chi connectivity index (χ2v) is 6.84. The number of nitrogens with two attached hydrogens (primary N) is 1. The normalized spacial score (nSPS) is 28.9. The molecule has 1 amide bonds. The zero-order chi connectivity index (χ0) is 12.6. The van der Waals surface area contributed by atoms with Gasteiger partial charge in [-0.2, -0.15) is 0 Å². The first-order chi connectivity index (χ1) is 7.88. The Morgan fingerprint density at radius 2 is 1.88 bits per heavy atom. The first-order valence-corrected chi connectivity index (χ1v) is 7.48. The third-order valence-corrected chi connectivity index (χ3v) is 4.96. The smallest absolute Gasteiger partial charge is 0.224 e. The molecule has 2 fully saturated rings. The van der Waals surface area contributed by atoms with E-state index in [-0.39, 0.29) is 24.9 Å². The Labute approximate surface area is 102 Å². The zero-order valence-corrected chi connectivity index (χ0v) is 10.8. The molecular weight excluding hydrogens is 242 g/mol. The molecule has 0 spiro atoms. The fourth-order valence-corrected chi connectivity index (χ4v) is 3.32. The predicted molar refractivity (Wildman–Crippen MR) is 63.7 cm³/mol. The van der Waals surface area contributed by atoms with Crippen LogP contribution >= 0.6 is 0 Å². The molecule has 7 heteroatoms. The number of amides is 1. The van der Waals surface area contributed by atoms with Gasteiger partial charge in [-0.1, -0.05) is 0 Å². The molecule has 0 aromatic carbocycles. The van der Waals surface area contributed by atoms with Gasteiger partial charge in [0.15, 0.2) is 0 Å². The summed E-state index contributed by atoms with van der Waals surface area (Å²) in [4.78, 5) is 15.7. The summed E-state index contributed by atoms with van der Waals surface area (Å²) in [6.45, 7) is 2.18. The van der Waals surface area contributed by atoms with Gasteiger partial charge in [-0.3, -0.25) is 4.79 Å². The Kier molecular flexibility index (Phi) is 3.42. The number of hydrogen-bond acceptors (Lipinski definition) is 4. The summed E-state index contributed by atoms with van der Waals surface area (Å²) in [6.07, 6.45) is 1.88. The van der Waals surface area contributed by atoms with E-state index < -0.39 is 15.3 Å². The minimum Gasteiger partial charge on any atom is -0.338 e. The summed E-state index contributed by atoms with van der Waals surface area (Å²) in [6, 6.07) is 0.186. The van der Waals surface area contributed by atoms with Crippen LogP contribution in [0.25, 0.3) is 0 Å². The Bertz CT molecular complexity index is 401. The molecule has 0 aliphatic carbocycles. The summed E-state index contributed by atoms with van der Waals surface area (Å²) in [7, 11) is -1.54. The molecule has 0 saturated carbocycles. The fourth-order valence-electron chi connectivity index (χ4n) is 2.58. The van der Waals surface area contributed by atoms with E-state index in [4.69, 9.17) is 5.14 Å². The zero-order valence-electron chi connectivity index (χ0n) is 10.0. The maximum Gasteiger partial charge on any atom is 0.224 e. The number of primary sulfonamides is 1. The fraction of sp³-hybridized carbons (Fsp3) is 0.900. The number of carbonyl (C=O) groups is 1. The van der Waals surface area contributed by atoms with Gasteiger partial charge in [0, 0.05) is 19.0 Å². The van der Waals surface area contributed by atoms with Crippen LogP contribution in [-0.2, 0) is 14.8 Å². The van der Waals surface area contributed by atoms with Gasteiger partial charge in [0.25, 0.3) is 0 Å². The number of piperidine rings is 1. The van der Waals surface area contributed by atoms with Gasteiger partial charge < -0.3 is 9.80 Å². The van der Waals surface area contributed by atoms with Crippen LogP contribution in [0.3, 0.4) is 0 Å². The predicted octanol–water partition coefficient (Wildman–Crippen LogP) is -1.03. The van der Waals surface area contributed by atoms with Crippen molar-refractivity contribution in [3.63, 3.8) is 0 Å². The first-order valence-electron chi connectivity index (χ1n) is 5.87. The van der Waals surface area contributed by atoms with Crippen molar-refractivity contribution in [1.82, 2.24) is 9.80 Å². The third kappa shape index (κ3) is 2.78. The number of rotatable bonds is 2. The highest BCUT2D eigenvalue weighted by atomic mass is 32.2. The molecule has 0 radical (unpaired) electrons. The molecule has 98 valence electrons. The van der Waals surface area contributed by atoms with Crippen molar-refractivity contribution in [2.24, 2.45) is 5.14 Å². The average Bonchev–Trinajstić information content (AvgIpc) is 2.61. The van der Waals surface area contributed by atoms with E-state index in [1.807, 2.05) is 0 Å². The third-order valence-electron chi connectivity index (χ3n) is 3.72. The monoisotopic (exact) mass is 261 g/mol. The van der Waals surface area contributed by atoms with E-state index in [9.17, 15) is 13.2 Å². The summed E-state index contributed by atoms with van der Waals surface area (Å²) in [5, 5.41) is 4.39. The number of nitrogens with zero attached hydrogens (tertiary/aromatic N) is 2. The van der Waals surface area contributed by atoms with Crippen molar-refractivity contribution in [3.05, 3.63) is 0 Å². The Balaban J connectivity index is 2.01. The van der Waals surface area contributed by atoms with Crippen molar-refractivity contribution in [2.45, 2.75) is 30.6 Å². The van der Waals surface area contributed by atoms with E-state index in [1.165, 1.54) is 0 Å². The minimum atomic E-state index is -3.59. The standard InChI is InChI=1S/C10H19N3O3S/c1-12-4-2-8(3-5-12)13-7-9(6-10(13)14)17(11,15)16/h8-9H,2-7H2,1H3,(H2,11,15,16). The maximum absolute atomic E-state index is 11.8. The molecule has 2 aliphatic heterocycles. The molecule has 17 heavy (non-hydrogen) atoms. The van der Waals surface area contributed by atoms with Gasteiger partial charge in [0.2, 0.25) is 15.9 Å². The lowest BCUT2D eigenvalue weighted by Crippen LogP contribution is -2.45. The minimum absolute atomic E-state index is 0.0468. The van der Waals surface area contributed by atoms with Gasteiger partial charge >= 0.3 is 0 Å². The molecule has 6 nitrogen and oxygen atoms in total. The number of likely N-dealkylation sites (tertiary alicyclic amines) is 2. The van der Waals surface area contributed by atoms with E-state index in [1.54, 1.807) is 4.90 Å². The molecule has 0 aromatic heterocycles. The molecule has 2 rings (SSSR count). The van der Waals surface area contributed by atoms with Gasteiger partial charge in [-0.15, -0.1) is 0 Å². The van der Waals surface area contributed by atoms with Crippen molar-refractivity contribution >= 4 is 15.9 Å². The molecular formula is C10H19N3O3S. The summed E-state index contributed by atoms with van der Waals surface area (Å²) < 4.78 is 22.5. The lowest BCUT2D eigenvalue weighted by Gasteiger charge is -2.35. The number of carbonyl (C=O) groups excluding carboxylic acids is 1. The van der Waals surface area contributed by atoms with Gasteiger partial charge in [-0.05, 0) is 33.0 Å². The lowest BCUT2D eigenvalue weighted by molar-refractivity contribution is -0.130. The van der Waals surface area contributed by atoms with E-state index in [2.05, 4.69) is 11.9 Å². The highest BCUT2D eigenvalue weighted by Gasteiger charge is 2.40. The molecule has 0 bridgehead atoms. The van der Waals surface area contributed by atoms with Crippen LogP contribution in [0, 0.1) is 0 Å². The summed E-state index contributed by atoms with van der Waals surface area (Å²) in [5.74, 6) is -0.0708. The average molecular weight is 261 g/mol. The van der Waals surface area contributed by atoms with E-state index in [0.717, 1.165) is 25.9 Å².